The Hall–Kier alpha value is -1.57. The first-order chi connectivity index (χ1) is 6.90. The standard InChI is InChI=1S/C7H5BF3O4/c9-7(10,11)14-5-1-4(12)2-6(3-5)15-8-13/h1-3,12-13H. The van der Waals surface area contributed by atoms with Gasteiger partial charge in [-0.2, -0.15) is 0 Å². The number of hydrogen-bond donors (Lipinski definition) is 2. The molecule has 2 N–H and O–H groups in total. The lowest BCUT2D eigenvalue weighted by atomic mass is 10.3. The average molecular weight is 221 g/mol. The molecule has 0 atom stereocenters. The smallest absolute Gasteiger partial charge is 0.537 e. The highest BCUT2D eigenvalue weighted by molar-refractivity contribution is 6.17. The van der Waals surface area contributed by atoms with Crippen LogP contribution in [0, 0.1) is 0 Å². The second kappa shape index (κ2) is 4.30. The van der Waals surface area contributed by atoms with E-state index in [1.54, 1.807) is 0 Å². The molecule has 1 rings (SSSR count). The normalized spacial score (nSPS) is 10.9. The van der Waals surface area contributed by atoms with Gasteiger partial charge in [0.25, 0.3) is 0 Å². The first-order valence-electron chi connectivity index (χ1n) is 3.63. The summed E-state index contributed by atoms with van der Waals surface area (Å²) in [5, 5.41) is 17.2. The van der Waals surface area contributed by atoms with Crippen LogP contribution in [0.15, 0.2) is 18.2 Å². The second-order valence-electron chi connectivity index (χ2n) is 2.43. The van der Waals surface area contributed by atoms with Crippen LogP contribution in [0.25, 0.3) is 0 Å². The van der Waals surface area contributed by atoms with Gasteiger partial charge in [-0.15, -0.1) is 13.2 Å². The Morgan fingerprint density at radius 3 is 2.27 bits per heavy atom. The van der Waals surface area contributed by atoms with E-state index in [1.807, 2.05) is 0 Å². The number of ether oxygens (including phenoxy) is 1. The fraction of sp³-hybridized carbons (Fsp3) is 0.143. The zero-order valence-corrected chi connectivity index (χ0v) is 7.15. The lowest BCUT2D eigenvalue weighted by Gasteiger charge is -2.10. The van der Waals surface area contributed by atoms with Crippen molar-refractivity contribution in [3.63, 3.8) is 0 Å². The van der Waals surface area contributed by atoms with Gasteiger partial charge in [0.05, 0.1) is 0 Å². The van der Waals surface area contributed by atoms with Gasteiger partial charge in [0.2, 0.25) is 0 Å². The molecule has 0 aromatic heterocycles. The van der Waals surface area contributed by atoms with E-state index >= 15 is 0 Å². The highest BCUT2D eigenvalue weighted by atomic mass is 19.4. The predicted molar refractivity (Wildman–Crippen MR) is 43.4 cm³/mol. The minimum atomic E-state index is -4.85. The molecule has 1 radical (unpaired) electrons. The maximum absolute atomic E-state index is 11.8. The highest BCUT2D eigenvalue weighted by Gasteiger charge is 2.31. The Morgan fingerprint density at radius 1 is 1.13 bits per heavy atom. The summed E-state index contributed by atoms with van der Waals surface area (Å²) in [5.74, 6) is -1.30. The summed E-state index contributed by atoms with van der Waals surface area (Å²) in [7, 11) is 0.270. The largest absolute Gasteiger partial charge is 0.573 e. The summed E-state index contributed by atoms with van der Waals surface area (Å²) < 4.78 is 43.3. The second-order valence-corrected chi connectivity index (χ2v) is 2.43. The first kappa shape index (κ1) is 11.5. The molecule has 15 heavy (non-hydrogen) atoms. The molecule has 0 unspecified atom stereocenters. The summed E-state index contributed by atoms with van der Waals surface area (Å²) in [6.45, 7) is 0. The highest BCUT2D eigenvalue weighted by Crippen LogP contribution is 2.30. The number of rotatable bonds is 3. The number of halogens is 3. The first-order valence-corrected chi connectivity index (χ1v) is 3.63. The number of hydrogen-bond acceptors (Lipinski definition) is 4. The van der Waals surface area contributed by atoms with Crippen LogP contribution in [0.4, 0.5) is 13.2 Å². The van der Waals surface area contributed by atoms with Gasteiger partial charge in [0.15, 0.2) is 0 Å². The fourth-order valence-corrected chi connectivity index (χ4v) is 0.878. The molecule has 4 nitrogen and oxygen atoms in total. The van der Waals surface area contributed by atoms with Crippen molar-refractivity contribution in [2.45, 2.75) is 6.36 Å². The number of benzene rings is 1. The van der Waals surface area contributed by atoms with Crippen LogP contribution in [-0.2, 0) is 0 Å². The van der Waals surface area contributed by atoms with Crippen LogP contribution in [0.2, 0.25) is 0 Å². The van der Waals surface area contributed by atoms with Crippen LogP contribution >= 0.6 is 0 Å². The quantitative estimate of drug-likeness (QED) is 0.752. The van der Waals surface area contributed by atoms with E-state index in [4.69, 9.17) is 10.1 Å². The summed E-state index contributed by atoms with van der Waals surface area (Å²) >= 11 is 0. The molecule has 0 amide bonds. The van der Waals surface area contributed by atoms with Gasteiger partial charge in [-0.05, 0) is 0 Å². The van der Waals surface area contributed by atoms with Gasteiger partial charge in [-0.1, -0.05) is 0 Å². The lowest BCUT2D eigenvalue weighted by molar-refractivity contribution is -0.274. The third-order valence-corrected chi connectivity index (χ3v) is 1.29. The van der Waals surface area contributed by atoms with Crippen molar-refractivity contribution >= 4 is 7.69 Å². The van der Waals surface area contributed by atoms with Crippen LogP contribution in [0.3, 0.4) is 0 Å². The van der Waals surface area contributed by atoms with Crippen molar-refractivity contribution in [2.24, 2.45) is 0 Å². The van der Waals surface area contributed by atoms with Crippen molar-refractivity contribution in [1.29, 1.82) is 0 Å². The Balaban J connectivity index is 2.88. The number of phenolic OH excluding ortho intramolecular Hbond substituents is 1. The molecular weight excluding hydrogens is 216 g/mol. The van der Waals surface area contributed by atoms with Gasteiger partial charge in [-0.25, -0.2) is 0 Å². The van der Waals surface area contributed by atoms with Crippen LogP contribution in [-0.4, -0.2) is 24.2 Å². The maximum atomic E-state index is 11.8. The Labute approximate surface area is 83.2 Å². The van der Waals surface area contributed by atoms with Gasteiger partial charge in [0, 0.05) is 18.2 Å². The molecular formula is C7H5BF3O4. The molecule has 8 heteroatoms. The van der Waals surface area contributed by atoms with E-state index < -0.39 is 17.9 Å². The Morgan fingerprint density at radius 2 is 1.73 bits per heavy atom. The molecule has 1 aromatic carbocycles. The topological polar surface area (TPSA) is 58.9 Å². The summed E-state index contributed by atoms with van der Waals surface area (Å²) in [6.07, 6.45) is -4.85. The number of phenols is 1. The van der Waals surface area contributed by atoms with E-state index in [0.717, 1.165) is 18.2 Å². The molecule has 0 aliphatic heterocycles. The number of aromatic hydroxyl groups is 1. The van der Waals surface area contributed by atoms with Crippen LogP contribution < -0.4 is 9.39 Å². The van der Waals surface area contributed by atoms with Crippen LogP contribution in [0.5, 0.6) is 17.2 Å². The minimum absolute atomic E-state index is 0.184. The summed E-state index contributed by atoms with van der Waals surface area (Å²) in [6, 6.07) is 2.63. The van der Waals surface area contributed by atoms with E-state index in [9.17, 15) is 13.2 Å². The van der Waals surface area contributed by atoms with Crippen molar-refractivity contribution in [2.75, 3.05) is 0 Å². The van der Waals surface area contributed by atoms with Crippen molar-refractivity contribution in [3.05, 3.63) is 18.2 Å². The van der Waals surface area contributed by atoms with Crippen LogP contribution in [0.1, 0.15) is 0 Å². The van der Waals surface area contributed by atoms with Gasteiger partial charge >= 0.3 is 14.0 Å². The summed E-state index contributed by atoms with van der Waals surface area (Å²) in [4.78, 5) is 0. The number of alkyl halides is 3. The van der Waals surface area contributed by atoms with E-state index in [2.05, 4.69) is 9.39 Å². The molecule has 0 heterocycles. The fourth-order valence-electron chi connectivity index (χ4n) is 0.878. The lowest BCUT2D eigenvalue weighted by Crippen LogP contribution is -2.17. The Kier molecular flexibility index (Phi) is 3.30. The molecule has 0 saturated heterocycles. The van der Waals surface area contributed by atoms with E-state index in [0.29, 0.717) is 0 Å². The molecule has 0 bridgehead atoms. The van der Waals surface area contributed by atoms with E-state index in [-0.39, 0.29) is 13.4 Å². The van der Waals surface area contributed by atoms with Crippen molar-refractivity contribution < 1.29 is 32.7 Å². The average Bonchev–Trinajstić information content (AvgIpc) is 1.99. The molecule has 81 valence electrons. The summed E-state index contributed by atoms with van der Waals surface area (Å²) in [5.41, 5.74) is 0. The zero-order valence-electron chi connectivity index (χ0n) is 7.15. The van der Waals surface area contributed by atoms with Crippen molar-refractivity contribution in [1.82, 2.24) is 0 Å². The molecule has 0 aliphatic carbocycles. The third-order valence-electron chi connectivity index (χ3n) is 1.29. The molecule has 1 aromatic rings. The SMILES string of the molecule is O[B]Oc1cc(O)cc(OC(F)(F)F)c1. The predicted octanol–water partition coefficient (Wildman–Crippen LogP) is 1.20. The van der Waals surface area contributed by atoms with Gasteiger partial charge in [-0.3, -0.25) is 0 Å². The van der Waals surface area contributed by atoms with Crippen molar-refractivity contribution in [3.8, 4) is 17.2 Å². The zero-order chi connectivity index (χ0) is 11.5. The minimum Gasteiger partial charge on any atom is -0.537 e. The monoisotopic (exact) mass is 221 g/mol. The van der Waals surface area contributed by atoms with Gasteiger partial charge in [0.1, 0.15) is 17.2 Å². The molecule has 0 spiro atoms. The molecule has 0 fully saturated rings. The van der Waals surface area contributed by atoms with Gasteiger partial charge < -0.3 is 19.5 Å². The molecule has 0 aliphatic rings. The van der Waals surface area contributed by atoms with E-state index in [1.165, 1.54) is 0 Å². The Bertz CT molecular complexity index is 341. The maximum Gasteiger partial charge on any atom is 0.573 e. The molecule has 0 saturated carbocycles. The third kappa shape index (κ3) is 3.98.